The maximum Gasteiger partial charge on any atom is 0.269 e. The van der Waals surface area contributed by atoms with Crippen molar-refractivity contribution in [3.05, 3.63) is 78.1 Å². The molecule has 9 nitrogen and oxygen atoms in total. The molecule has 0 spiro atoms. The Balaban J connectivity index is 1.40. The summed E-state index contributed by atoms with van der Waals surface area (Å²) in [5.41, 5.74) is 3.23. The molecule has 34 heavy (non-hydrogen) atoms. The van der Waals surface area contributed by atoms with Crippen LogP contribution in [0.1, 0.15) is 53.0 Å². The number of aromatic nitrogens is 6. The SMILES string of the molecule is Cc1ccc(S(=O)(=O)n2ccc3c2ncc2nnc(C4CC[C@H](n5ccc(C=O)c5)C4)n23)cc1. The Labute approximate surface area is 195 Å². The van der Waals surface area contributed by atoms with E-state index in [1.807, 2.05) is 29.8 Å². The average molecular weight is 475 g/mol. The van der Waals surface area contributed by atoms with Crippen molar-refractivity contribution in [2.45, 2.75) is 43.0 Å². The summed E-state index contributed by atoms with van der Waals surface area (Å²) in [5, 5.41) is 8.77. The molecule has 1 aromatic carbocycles. The minimum Gasteiger partial charge on any atom is -0.350 e. The van der Waals surface area contributed by atoms with Crippen LogP contribution in [0, 0.1) is 6.92 Å². The molecule has 5 aromatic rings. The molecule has 4 heterocycles. The first-order chi connectivity index (χ1) is 16.5. The summed E-state index contributed by atoms with van der Waals surface area (Å²) < 4.78 is 31.9. The molecule has 0 saturated heterocycles. The first-order valence-corrected chi connectivity index (χ1v) is 12.6. The lowest BCUT2D eigenvalue weighted by Gasteiger charge is -2.13. The van der Waals surface area contributed by atoms with E-state index in [1.165, 1.54) is 10.2 Å². The molecule has 1 aliphatic rings. The lowest BCUT2D eigenvalue weighted by molar-refractivity contribution is 0.112. The number of rotatable bonds is 5. The van der Waals surface area contributed by atoms with E-state index >= 15 is 0 Å². The van der Waals surface area contributed by atoms with Crippen molar-refractivity contribution in [3.8, 4) is 0 Å². The smallest absolute Gasteiger partial charge is 0.269 e. The lowest BCUT2D eigenvalue weighted by Crippen LogP contribution is -2.13. The largest absolute Gasteiger partial charge is 0.350 e. The molecule has 1 aliphatic carbocycles. The third-order valence-corrected chi connectivity index (χ3v) is 8.39. The van der Waals surface area contributed by atoms with Crippen LogP contribution in [0.5, 0.6) is 0 Å². The molecular formula is C24H22N6O3S. The Morgan fingerprint density at radius 1 is 1.03 bits per heavy atom. The number of aryl methyl sites for hydroxylation is 1. The Kier molecular flexibility index (Phi) is 4.66. The van der Waals surface area contributed by atoms with Crippen LogP contribution in [-0.4, -0.2) is 42.8 Å². The van der Waals surface area contributed by atoms with Gasteiger partial charge >= 0.3 is 0 Å². The van der Waals surface area contributed by atoms with Crippen LogP contribution in [0.15, 0.2) is 66.1 Å². The van der Waals surface area contributed by atoms with E-state index in [2.05, 4.69) is 19.7 Å². The van der Waals surface area contributed by atoms with E-state index in [-0.39, 0.29) is 16.9 Å². The van der Waals surface area contributed by atoms with Crippen molar-refractivity contribution in [3.63, 3.8) is 0 Å². The van der Waals surface area contributed by atoms with Gasteiger partial charge in [-0.15, -0.1) is 10.2 Å². The average Bonchev–Trinajstić information content (AvgIpc) is 3.63. The Hall–Kier alpha value is -3.79. The molecule has 4 aromatic heterocycles. The van der Waals surface area contributed by atoms with E-state index in [4.69, 9.17) is 0 Å². The molecule has 1 saturated carbocycles. The van der Waals surface area contributed by atoms with Crippen LogP contribution < -0.4 is 0 Å². The summed E-state index contributed by atoms with van der Waals surface area (Å²) in [4.78, 5) is 15.7. The molecule has 0 N–H and O–H groups in total. The van der Waals surface area contributed by atoms with Crippen molar-refractivity contribution >= 4 is 33.1 Å². The van der Waals surface area contributed by atoms with Crippen LogP contribution >= 0.6 is 0 Å². The van der Waals surface area contributed by atoms with Gasteiger partial charge in [-0.1, -0.05) is 17.7 Å². The number of carbonyl (C=O) groups is 1. The van der Waals surface area contributed by atoms with Crippen LogP contribution in [-0.2, 0) is 10.0 Å². The second-order valence-electron chi connectivity index (χ2n) is 8.82. The summed E-state index contributed by atoms with van der Waals surface area (Å²) >= 11 is 0. The Morgan fingerprint density at radius 3 is 2.62 bits per heavy atom. The highest BCUT2D eigenvalue weighted by molar-refractivity contribution is 7.90. The summed E-state index contributed by atoms with van der Waals surface area (Å²) in [6.45, 7) is 1.92. The van der Waals surface area contributed by atoms with Crippen LogP contribution in [0.25, 0.3) is 16.8 Å². The van der Waals surface area contributed by atoms with Gasteiger partial charge in [0.25, 0.3) is 10.0 Å². The zero-order valence-corrected chi connectivity index (χ0v) is 19.3. The number of hydrogen-bond acceptors (Lipinski definition) is 6. The van der Waals surface area contributed by atoms with Crippen molar-refractivity contribution in [1.29, 1.82) is 0 Å². The first kappa shape index (κ1) is 20.8. The first-order valence-electron chi connectivity index (χ1n) is 11.1. The second-order valence-corrected chi connectivity index (χ2v) is 10.6. The summed E-state index contributed by atoms with van der Waals surface area (Å²) in [6, 6.07) is 10.6. The third kappa shape index (κ3) is 3.17. The minimum absolute atomic E-state index is 0.157. The van der Waals surface area contributed by atoms with Crippen LogP contribution in [0.3, 0.4) is 0 Å². The highest BCUT2D eigenvalue weighted by atomic mass is 32.2. The highest BCUT2D eigenvalue weighted by Gasteiger charge is 2.31. The summed E-state index contributed by atoms with van der Waals surface area (Å²) in [5.74, 6) is 0.961. The third-order valence-electron chi connectivity index (χ3n) is 6.70. The lowest BCUT2D eigenvalue weighted by atomic mass is 10.1. The number of benzene rings is 1. The molecule has 0 amide bonds. The van der Waals surface area contributed by atoms with Gasteiger partial charge < -0.3 is 4.57 Å². The van der Waals surface area contributed by atoms with Crippen LogP contribution in [0.2, 0.25) is 0 Å². The Bertz CT molecular complexity index is 1650. The van der Waals surface area contributed by atoms with Crippen molar-refractivity contribution < 1.29 is 13.2 Å². The second kappa shape index (κ2) is 7.63. The standard InChI is InChI=1S/C24H22N6O3S/c1-16-2-6-20(7-3-16)34(32,33)29-11-9-21-24(29)25-13-22-26-27-23(30(21)22)18-4-5-19(12-18)28-10-8-17(14-28)15-31/h2-3,6-11,13-15,18-19H,4-5,12H2,1H3/t18?,19-/m0/s1. The molecule has 0 radical (unpaired) electrons. The molecular weight excluding hydrogens is 452 g/mol. The zero-order chi connectivity index (χ0) is 23.4. The normalized spacial score (nSPS) is 18.7. The zero-order valence-electron chi connectivity index (χ0n) is 18.4. The molecule has 172 valence electrons. The van der Waals surface area contributed by atoms with Gasteiger partial charge in [0.05, 0.1) is 16.6 Å². The van der Waals surface area contributed by atoms with Gasteiger partial charge in [-0.25, -0.2) is 17.4 Å². The van der Waals surface area contributed by atoms with Gasteiger partial charge in [0, 0.05) is 36.1 Å². The fourth-order valence-electron chi connectivity index (χ4n) is 4.92. The monoisotopic (exact) mass is 474 g/mol. The van der Waals surface area contributed by atoms with Gasteiger partial charge in [0.15, 0.2) is 17.6 Å². The maximum absolute atomic E-state index is 13.3. The van der Waals surface area contributed by atoms with Gasteiger partial charge in [0.1, 0.15) is 5.82 Å². The predicted molar refractivity (Wildman–Crippen MR) is 125 cm³/mol. The highest BCUT2D eigenvalue weighted by Crippen LogP contribution is 2.41. The van der Waals surface area contributed by atoms with E-state index in [0.29, 0.717) is 22.4 Å². The van der Waals surface area contributed by atoms with Gasteiger partial charge in [-0.05, 0) is 50.5 Å². The van der Waals surface area contributed by atoms with E-state index < -0.39 is 10.0 Å². The van der Waals surface area contributed by atoms with Gasteiger partial charge in [0.2, 0.25) is 0 Å². The molecule has 0 aliphatic heterocycles. The number of aldehydes is 1. The number of carbonyl (C=O) groups excluding carboxylic acids is 1. The summed E-state index contributed by atoms with van der Waals surface area (Å²) in [7, 11) is -3.80. The predicted octanol–water partition coefficient (Wildman–Crippen LogP) is 3.75. The van der Waals surface area contributed by atoms with Crippen molar-refractivity contribution in [2.75, 3.05) is 0 Å². The number of hydrogen-bond donors (Lipinski definition) is 0. The molecule has 2 atom stereocenters. The van der Waals surface area contributed by atoms with Crippen LogP contribution in [0.4, 0.5) is 0 Å². The maximum atomic E-state index is 13.3. The van der Waals surface area contributed by atoms with Gasteiger partial charge in [-0.2, -0.15) is 0 Å². The molecule has 6 rings (SSSR count). The van der Waals surface area contributed by atoms with E-state index in [1.54, 1.807) is 36.5 Å². The fraction of sp³-hybridized carbons (Fsp3) is 0.250. The van der Waals surface area contributed by atoms with E-state index in [0.717, 1.165) is 36.9 Å². The fourth-order valence-corrected chi connectivity index (χ4v) is 6.22. The number of fused-ring (bicyclic) bond motifs is 3. The number of nitrogens with zero attached hydrogens (tertiary/aromatic N) is 6. The minimum atomic E-state index is -3.80. The molecule has 1 unspecified atom stereocenters. The van der Waals surface area contributed by atoms with Gasteiger partial charge in [-0.3, -0.25) is 9.20 Å². The molecule has 1 fully saturated rings. The summed E-state index contributed by atoms with van der Waals surface area (Å²) in [6.07, 6.45) is 10.5. The van der Waals surface area contributed by atoms with Crippen molar-refractivity contribution in [2.24, 2.45) is 0 Å². The topological polar surface area (TPSA) is 104 Å². The molecule has 10 heteroatoms. The Morgan fingerprint density at radius 2 is 1.85 bits per heavy atom. The molecule has 0 bridgehead atoms. The quantitative estimate of drug-likeness (QED) is 0.359. The van der Waals surface area contributed by atoms with Crippen molar-refractivity contribution in [1.82, 2.24) is 28.1 Å². The van der Waals surface area contributed by atoms with E-state index in [9.17, 15) is 13.2 Å².